The van der Waals surface area contributed by atoms with Crippen LogP contribution in [0.1, 0.15) is 49.8 Å². The van der Waals surface area contributed by atoms with Crippen LogP contribution in [0.25, 0.3) is 0 Å². The van der Waals surface area contributed by atoms with Crippen LogP contribution >= 0.6 is 11.6 Å². The first-order chi connectivity index (χ1) is 8.24. The maximum atomic E-state index is 6.45. The Balaban J connectivity index is 1.79. The lowest BCUT2D eigenvalue weighted by atomic mass is 9.85. The van der Waals surface area contributed by atoms with E-state index < -0.39 is 0 Å². The highest BCUT2D eigenvalue weighted by molar-refractivity contribution is 6.20. The molecule has 0 N–H and O–H groups in total. The van der Waals surface area contributed by atoms with Gasteiger partial charge < -0.3 is 0 Å². The highest BCUT2D eigenvalue weighted by Gasteiger charge is 2.18. The number of aryl methyl sites for hydroxylation is 1. The predicted molar refractivity (Wildman–Crippen MR) is 73.5 cm³/mol. The van der Waals surface area contributed by atoms with Gasteiger partial charge in [-0.1, -0.05) is 38.2 Å². The van der Waals surface area contributed by atoms with E-state index in [9.17, 15) is 0 Å². The van der Waals surface area contributed by atoms with Gasteiger partial charge >= 0.3 is 0 Å². The van der Waals surface area contributed by atoms with E-state index in [-0.39, 0.29) is 5.38 Å². The highest BCUT2D eigenvalue weighted by Crippen LogP contribution is 2.29. The standard InChI is InChI=1S/C15H22ClN/c1-12-7-8-15(17-11-12)10-14(16)9-13-5-3-2-4-6-13/h7-8,11,13-14H,2-6,9-10H2,1H3. The van der Waals surface area contributed by atoms with Crippen molar-refractivity contribution in [3.05, 3.63) is 29.6 Å². The number of halogens is 1. The smallest absolute Gasteiger partial charge is 0.0418 e. The fraction of sp³-hybridized carbons (Fsp3) is 0.667. The SMILES string of the molecule is Cc1ccc(CC(Cl)CC2CCCCC2)nc1. The Labute approximate surface area is 110 Å². The van der Waals surface area contributed by atoms with Crippen molar-refractivity contribution in [2.24, 2.45) is 5.92 Å². The third kappa shape index (κ3) is 4.31. The Morgan fingerprint density at radius 3 is 2.71 bits per heavy atom. The fourth-order valence-electron chi connectivity index (χ4n) is 2.71. The van der Waals surface area contributed by atoms with Crippen molar-refractivity contribution in [1.29, 1.82) is 0 Å². The molecule has 0 amide bonds. The second kappa shape index (κ2) is 6.39. The summed E-state index contributed by atoms with van der Waals surface area (Å²) in [7, 11) is 0. The van der Waals surface area contributed by atoms with Crippen molar-refractivity contribution in [3.63, 3.8) is 0 Å². The summed E-state index contributed by atoms with van der Waals surface area (Å²) >= 11 is 6.45. The highest BCUT2D eigenvalue weighted by atomic mass is 35.5. The summed E-state index contributed by atoms with van der Waals surface area (Å²) < 4.78 is 0. The van der Waals surface area contributed by atoms with Gasteiger partial charge in [-0.15, -0.1) is 11.6 Å². The molecule has 1 fully saturated rings. The van der Waals surface area contributed by atoms with Crippen molar-refractivity contribution in [3.8, 4) is 0 Å². The van der Waals surface area contributed by atoms with Crippen LogP contribution in [0.15, 0.2) is 18.3 Å². The molecule has 0 aromatic carbocycles. The zero-order valence-electron chi connectivity index (χ0n) is 10.7. The molecule has 1 aromatic rings. The van der Waals surface area contributed by atoms with E-state index in [1.54, 1.807) is 0 Å². The van der Waals surface area contributed by atoms with E-state index in [0.717, 1.165) is 24.5 Å². The first kappa shape index (κ1) is 12.9. The molecule has 1 aromatic heterocycles. The largest absolute Gasteiger partial charge is 0.261 e. The predicted octanol–water partition coefficient (Wildman–Crippen LogP) is 4.51. The van der Waals surface area contributed by atoms with Crippen molar-refractivity contribution in [2.45, 2.75) is 57.2 Å². The summed E-state index contributed by atoms with van der Waals surface area (Å²) in [5.41, 5.74) is 2.35. The minimum Gasteiger partial charge on any atom is -0.261 e. The van der Waals surface area contributed by atoms with Crippen LogP contribution in [0.3, 0.4) is 0 Å². The number of pyridine rings is 1. The van der Waals surface area contributed by atoms with E-state index in [4.69, 9.17) is 11.6 Å². The molecule has 1 saturated carbocycles. The van der Waals surface area contributed by atoms with Crippen molar-refractivity contribution in [1.82, 2.24) is 4.98 Å². The number of alkyl halides is 1. The number of aromatic nitrogens is 1. The lowest BCUT2D eigenvalue weighted by Gasteiger charge is -2.23. The zero-order chi connectivity index (χ0) is 12.1. The molecule has 2 heteroatoms. The molecule has 94 valence electrons. The summed E-state index contributed by atoms with van der Waals surface area (Å²) in [6, 6.07) is 4.22. The molecule has 2 rings (SSSR count). The summed E-state index contributed by atoms with van der Waals surface area (Å²) in [4.78, 5) is 4.43. The van der Waals surface area contributed by atoms with Crippen molar-refractivity contribution >= 4 is 11.6 Å². The molecule has 1 aliphatic rings. The van der Waals surface area contributed by atoms with E-state index in [2.05, 4.69) is 24.0 Å². The first-order valence-corrected chi connectivity index (χ1v) is 7.23. The van der Waals surface area contributed by atoms with Gasteiger partial charge in [0.25, 0.3) is 0 Å². The molecule has 1 unspecified atom stereocenters. The van der Waals surface area contributed by atoms with E-state index in [1.165, 1.54) is 37.7 Å². The minimum absolute atomic E-state index is 0.258. The molecular formula is C15H22ClN. The van der Waals surface area contributed by atoms with Crippen LogP contribution in [0, 0.1) is 12.8 Å². The maximum absolute atomic E-state index is 6.45. The molecule has 1 aliphatic carbocycles. The van der Waals surface area contributed by atoms with E-state index in [0.29, 0.717) is 0 Å². The van der Waals surface area contributed by atoms with Gasteiger partial charge in [-0.3, -0.25) is 4.98 Å². The van der Waals surface area contributed by atoms with Gasteiger partial charge in [0.05, 0.1) is 0 Å². The van der Waals surface area contributed by atoms with Crippen LogP contribution in [0.2, 0.25) is 0 Å². The molecular weight excluding hydrogens is 230 g/mol. The average Bonchev–Trinajstić information content (AvgIpc) is 2.33. The van der Waals surface area contributed by atoms with Crippen LogP contribution in [-0.2, 0) is 6.42 Å². The Morgan fingerprint density at radius 1 is 1.29 bits per heavy atom. The molecule has 0 spiro atoms. The molecule has 0 saturated heterocycles. The van der Waals surface area contributed by atoms with Gasteiger partial charge in [-0.05, 0) is 30.9 Å². The quantitative estimate of drug-likeness (QED) is 0.718. The molecule has 0 bridgehead atoms. The fourth-order valence-corrected chi connectivity index (χ4v) is 3.12. The number of hydrogen-bond donors (Lipinski definition) is 0. The van der Waals surface area contributed by atoms with Gasteiger partial charge in [0.1, 0.15) is 0 Å². The van der Waals surface area contributed by atoms with Gasteiger partial charge in [-0.2, -0.15) is 0 Å². The Morgan fingerprint density at radius 2 is 2.06 bits per heavy atom. The molecule has 1 heterocycles. The molecule has 0 radical (unpaired) electrons. The third-order valence-corrected chi connectivity index (χ3v) is 4.05. The van der Waals surface area contributed by atoms with E-state index >= 15 is 0 Å². The normalized spacial score (nSPS) is 19.2. The minimum atomic E-state index is 0.258. The summed E-state index contributed by atoms with van der Waals surface area (Å²) in [6.45, 7) is 2.07. The van der Waals surface area contributed by atoms with E-state index in [1.807, 2.05) is 6.20 Å². The average molecular weight is 252 g/mol. The van der Waals surface area contributed by atoms with Gasteiger partial charge in [-0.25, -0.2) is 0 Å². The summed E-state index contributed by atoms with van der Waals surface area (Å²) in [6.07, 6.45) is 11.0. The second-order valence-electron chi connectivity index (χ2n) is 5.37. The number of rotatable bonds is 4. The first-order valence-electron chi connectivity index (χ1n) is 6.79. The summed E-state index contributed by atoms with van der Waals surface area (Å²) in [5.74, 6) is 0.858. The monoisotopic (exact) mass is 251 g/mol. The van der Waals surface area contributed by atoms with Crippen LogP contribution in [0.4, 0.5) is 0 Å². The lowest BCUT2D eigenvalue weighted by Crippen LogP contribution is -2.14. The number of nitrogens with zero attached hydrogens (tertiary/aromatic N) is 1. The van der Waals surface area contributed by atoms with Crippen LogP contribution in [-0.4, -0.2) is 10.4 Å². The molecule has 17 heavy (non-hydrogen) atoms. The Kier molecular flexibility index (Phi) is 4.85. The van der Waals surface area contributed by atoms with Crippen molar-refractivity contribution < 1.29 is 0 Å². The summed E-state index contributed by atoms with van der Waals surface area (Å²) in [5, 5.41) is 0.258. The topological polar surface area (TPSA) is 12.9 Å². The molecule has 0 aliphatic heterocycles. The molecule has 1 nitrogen and oxygen atoms in total. The Bertz CT molecular complexity index is 327. The van der Waals surface area contributed by atoms with Crippen LogP contribution < -0.4 is 0 Å². The second-order valence-corrected chi connectivity index (χ2v) is 5.99. The third-order valence-electron chi connectivity index (χ3n) is 3.72. The van der Waals surface area contributed by atoms with Gasteiger partial charge in [0.15, 0.2) is 0 Å². The van der Waals surface area contributed by atoms with Crippen molar-refractivity contribution in [2.75, 3.05) is 0 Å². The molecule has 1 atom stereocenters. The zero-order valence-corrected chi connectivity index (χ0v) is 11.4. The van der Waals surface area contributed by atoms with Crippen LogP contribution in [0.5, 0.6) is 0 Å². The lowest BCUT2D eigenvalue weighted by molar-refractivity contribution is 0.334. The van der Waals surface area contributed by atoms with Gasteiger partial charge in [0, 0.05) is 23.7 Å². The van der Waals surface area contributed by atoms with Gasteiger partial charge in [0.2, 0.25) is 0 Å². The maximum Gasteiger partial charge on any atom is 0.0418 e. The number of hydrogen-bond acceptors (Lipinski definition) is 1. The Hall–Kier alpha value is -0.560.